The lowest BCUT2D eigenvalue weighted by molar-refractivity contribution is -0.119. The molecule has 0 saturated heterocycles. The number of methoxy groups -OCH3 is 1. The Hall–Kier alpha value is -2.91. The van der Waals surface area contributed by atoms with Crippen molar-refractivity contribution in [2.75, 3.05) is 33.1 Å². The molecule has 9 heteroatoms. The van der Waals surface area contributed by atoms with Crippen LogP contribution in [-0.2, 0) is 19.6 Å². The molecule has 2 aromatic carbocycles. The van der Waals surface area contributed by atoms with Gasteiger partial charge in [0.25, 0.3) is 5.91 Å². The van der Waals surface area contributed by atoms with Gasteiger partial charge in [0, 0.05) is 19.8 Å². The second-order valence-corrected chi connectivity index (χ2v) is 8.30. The van der Waals surface area contributed by atoms with Crippen LogP contribution in [0.3, 0.4) is 0 Å². The third-order valence-corrected chi connectivity index (χ3v) is 5.62. The molecular formula is C19H22N2O6S. The van der Waals surface area contributed by atoms with Crippen LogP contribution in [0.15, 0.2) is 47.4 Å². The summed E-state index contributed by atoms with van der Waals surface area (Å²) in [6, 6.07) is 10.8. The van der Waals surface area contributed by atoms with Crippen LogP contribution in [0.4, 0.5) is 5.69 Å². The van der Waals surface area contributed by atoms with Crippen LogP contribution in [0.2, 0.25) is 0 Å². The molecule has 0 aliphatic heterocycles. The molecule has 0 aromatic heterocycles. The maximum absolute atomic E-state index is 12.2. The van der Waals surface area contributed by atoms with E-state index in [0.29, 0.717) is 5.75 Å². The molecule has 0 heterocycles. The van der Waals surface area contributed by atoms with Gasteiger partial charge in [-0.3, -0.25) is 4.79 Å². The average Bonchev–Trinajstić information content (AvgIpc) is 2.66. The van der Waals surface area contributed by atoms with Crippen LogP contribution >= 0.6 is 0 Å². The number of hydrogen-bond acceptors (Lipinski definition) is 6. The lowest BCUT2D eigenvalue weighted by Crippen LogP contribution is -2.23. The predicted octanol–water partition coefficient (Wildman–Crippen LogP) is 2.05. The molecule has 0 aliphatic rings. The van der Waals surface area contributed by atoms with E-state index < -0.39 is 28.5 Å². The van der Waals surface area contributed by atoms with E-state index in [0.717, 1.165) is 9.87 Å². The summed E-state index contributed by atoms with van der Waals surface area (Å²) in [5.41, 5.74) is 1.34. The number of nitrogens with zero attached hydrogens (tertiary/aromatic N) is 1. The quantitative estimate of drug-likeness (QED) is 0.706. The van der Waals surface area contributed by atoms with E-state index in [9.17, 15) is 18.0 Å². The Morgan fingerprint density at radius 3 is 2.46 bits per heavy atom. The minimum atomic E-state index is -3.63. The normalized spacial score (nSPS) is 11.2. The fourth-order valence-corrected chi connectivity index (χ4v) is 3.28. The number of sulfonamides is 1. The lowest BCUT2D eigenvalue weighted by atomic mass is 10.1. The van der Waals surface area contributed by atoms with Crippen molar-refractivity contribution in [3.05, 3.63) is 53.6 Å². The SMILES string of the molecule is COc1ccc(C)cc1C(=O)OCC(=O)Nc1cccc(S(=O)(=O)N(C)C)c1. The van der Waals surface area contributed by atoms with Crippen molar-refractivity contribution in [1.29, 1.82) is 0 Å². The van der Waals surface area contributed by atoms with E-state index >= 15 is 0 Å². The topological polar surface area (TPSA) is 102 Å². The first-order valence-electron chi connectivity index (χ1n) is 8.29. The van der Waals surface area contributed by atoms with Crippen molar-refractivity contribution in [3.8, 4) is 5.75 Å². The van der Waals surface area contributed by atoms with E-state index in [4.69, 9.17) is 9.47 Å². The third-order valence-electron chi connectivity index (χ3n) is 3.81. The summed E-state index contributed by atoms with van der Waals surface area (Å²) in [5, 5.41) is 2.51. The van der Waals surface area contributed by atoms with E-state index in [2.05, 4.69) is 5.32 Å². The second-order valence-electron chi connectivity index (χ2n) is 6.14. The Balaban J connectivity index is 2.04. The Labute approximate surface area is 164 Å². The fraction of sp³-hybridized carbons (Fsp3) is 0.263. The zero-order valence-electron chi connectivity index (χ0n) is 16.1. The van der Waals surface area contributed by atoms with Crippen molar-refractivity contribution in [1.82, 2.24) is 4.31 Å². The summed E-state index contributed by atoms with van der Waals surface area (Å²) in [6.07, 6.45) is 0. The summed E-state index contributed by atoms with van der Waals surface area (Å²) >= 11 is 0. The Kier molecular flexibility index (Phi) is 6.76. The number of carbonyl (C=O) groups is 2. The molecule has 28 heavy (non-hydrogen) atoms. The number of anilines is 1. The number of amides is 1. The molecule has 2 aromatic rings. The number of ether oxygens (including phenoxy) is 2. The van der Waals surface area contributed by atoms with E-state index in [-0.39, 0.29) is 16.1 Å². The Morgan fingerprint density at radius 1 is 1.11 bits per heavy atom. The second kappa shape index (κ2) is 8.85. The molecule has 0 spiro atoms. The van der Waals surface area contributed by atoms with Crippen molar-refractivity contribution in [2.45, 2.75) is 11.8 Å². The molecule has 150 valence electrons. The highest BCUT2D eigenvalue weighted by molar-refractivity contribution is 7.89. The van der Waals surface area contributed by atoms with E-state index in [1.165, 1.54) is 45.5 Å². The molecule has 8 nitrogen and oxygen atoms in total. The Morgan fingerprint density at radius 2 is 1.82 bits per heavy atom. The van der Waals surface area contributed by atoms with Crippen LogP contribution in [0.5, 0.6) is 5.75 Å². The molecule has 0 atom stereocenters. The van der Waals surface area contributed by atoms with E-state index in [1.54, 1.807) is 18.2 Å². The monoisotopic (exact) mass is 406 g/mol. The number of rotatable bonds is 7. The zero-order valence-corrected chi connectivity index (χ0v) is 16.9. The highest BCUT2D eigenvalue weighted by Crippen LogP contribution is 2.21. The number of hydrogen-bond donors (Lipinski definition) is 1. The average molecular weight is 406 g/mol. The van der Waals surface area contributed by atoms with Crippen LogP contribution < -0.4 is 10.1 Å². The van der Waals surface area contributed by atoms with E-state index in [1.807, 2.05) is 6.92 Å². The molecule has 1 N–H and O–H groups in total. The predicted molar refractivity (Wildman–Crippen MR) is 104 cm³/mol. The highest BCUT2D eigenvalue weighted by Gasteiger charge is 2.18. The molecule has 1 amide bonds. The maximum atomic E-state index is 12.2. The van der Waals surface area contributed by atoms with Gasteiger partial charge >= 0.3 is 5.97 Å². The molecule has 0 bridgehead atoms. The van der Waals surface area contributed by atoms with Gasteiger partial charge in [-0.1, -0.05) is 17.7 Å². The van der Waals surface area contributed by atoms with Crippen molar-refractivity contribution in [2.24, 2.45) is 0 Å². The number of benzene rings is 2. The van der Waals surface area contributed by atoms with Crippen molar-refractivity contribution < 1.29 is 27.5 Å². The van der Waals surface area contributed by atoms with Crippen LogP contribution in [0.25, 0.3) is 0 Å². The van der Waals surface area contributed by atoms with Crippen molar-refractivity contribution in [3.63, 3.8) is 0 Å². The first kappa shape index (κ1) is 21.4. The van der Waals surface area contributed by atoms with Crippen LogP contribution in [0, 0.1) is 6.92 Å². The number of carbonyl (C=O) groups excluding carboxylic acids is 2. The van der Waals surface area contributed by atoms with Gasteiger partial charge in [-0.15, -0.1) is 0 Å². The van der Waals surface area contributed by atoms with Gasteiger partial charge in [0.2, 0.25) is 10.0 Å². The number of esters is 1. The van der Waals surface area contributed by atoms with Gasteiger partial charge in [0.15, 0.2) is 6.61 Å². The molecule has 0 radical (unpaired) electrons. The highest BCUT2D eigenvalue weighted by atomic mass is 32.2. The van der Waals surface area contributed by atoms with Gasteiger partial charge < -0.3 is 14.8 Å². The zero-order chi connectivity index (χ0) is 20.9. The smallest absolute Gasteiger partial charge is 0.342 e. The largest absolute Gasteiger partial charge is 0.496 e. The molecule has 0 aliphatic carbocycles. The van der Waals surface area contributed by atoms with Crippen LogP contribution in [0.1, 0.15) is 15.9 Å². The molecule has 0 saturated carbocycles. The van der Waals surface area contributed by atoms with Gasteiger partial charge in [-0.2, -0.15) is 0 Å². The number of aryl methyl sites for hydroxylation is 1. The van der Waals surface area contributed by atoms with Gasteiger partial charge in [-0.05, 0) is 37.3 Å². The standard InChI is InChI=1S/C19H22N2O6S/c1-13-8-9-17(26-4)16(10-13)19(23)27-12-18(22)20-14-6-5-7-15(11-14)28(24,25)21(2)3/h5-11H,12H2,1-4H3,(H,20,22). The first-order chi connectivity index (χ1) is 13.1. The molecular weight excluding hydrogens is 384 g/mol. The third kappa shape index (κ3) is 5.08. The number of nitrogens with one attached hydrogen (secondary N) is 1. The van der Waals surface area contributed by atoms with Gasteiger partial charge in [0.05, 0.1) is 12.0 Å². The maximum Gasteiger partial charge on any atom is 0.342 e. The lowest BCUT2D eigenvalue weighted by Gasteiger charge is -2.13. The summed E-state index contributed by atoms with van der Waals surface area (Å²) in [6.45, 7) is 1.29. The van der Waals surface area contributed by atoms with Gasteiger partial charge in [-0.25, -0.2) is 17.5 Å². The van der Waals surface area contributed by atoms with Gasteiger partial charge in [0.1, 0.15) is 11.3 Å². The fourth-order valence-electron chi connectivity index (χ4n) is 2.33. The summed E-state index contributed by atoms with van der Waals surface area (Å²) in [4.78, 5) is 24.4. The molecule has 0 unspecified atom stereocenters. The Bertz CT molecular complexity index is 986. The summed E-state index contributed by atoms with van der Waals surface area (Å²) in [5.74, 6) is -0.948. The summed E-state index contributed by atoms with van der Waals surface area (Å²) < 4.78 is 35.6. The van der Waals surface area contributed by atoms with Crippen molar-refractivity contribution >= 4 is 27.6 Å². The first-order valence-corrected chi connectivity index (χ1v) is 9.73. The summed E-state index contributed by atoms with van der Waals surface area (Å²) in [7, 11) is 0.640. The minimum absolute atomic E-state index is 0.0387. The van der Waals surface area contributed by atoms with Crippen LogP contribution in [-0.4, -0.2) is 52.4 Å². The minimum Gasteiger partial charge on any atom is -0.496 e. The molecule has 0 fully saturated rings. The molecule has 2 rings (SSSR count).